The summed E-state index contributed by atoms with van der Waals surface area (Å²) < 4.78 is 0. The Balaban J connectivity index is 0.000000317. The predicted molar refractivity (Wildman–Crippen MR) is 65.1 cm³/mol. The molecule has 17 heavy (non-hydrogen) atoms. The highest BCUT2D eigenvalue weighted by molar-refractivity contribution is 5.94. The van der Waals surface area contributed by atoms with Crippen LogP contribution in [0.15, 0.2) is 42.5 Å². The van der Waals surface area contributed by atoms with Crippen LogP contribution in [-0.2, 0) is 0 Å². The van der Waals surface area contributed by atoms with Crippen LogP contribution in [0.25, 0.3) is 10.8 Å². The number of carboxylic acids is 1. The summed E-state index contributed by atoms with van der Waals surface area (Å²) in [6.45, 7) is -0.250. The third-order valence-corrected chi connectivity index (χ3v) is 2.10. The van der Waals surface area contributed by atoms with Gasteiger partial charge in [0.1, 0.15) is 0 Å². The van der Waals surface area contributed by atoms with E-state index in [9.17, 15) is 4.79 Å². The maximum Gasteiger partial charge on any atom is 0.335 e. The van der Waals surface area contributed by atoms with Gasteiger partial charge in [0.15, 0.2) is 0 Å². The minimum atomic E-state index is -0.884. The second-order valence-electron chi connectivity index (χ2n) is 3.31. The predicted octanol–water partition coefficient (Wildman–Crippen LogP) is 1.51. The molecule has 0 aliphatic rings. The molecule has 0 aliphatic heterocycles. The number of fused-ring (bicyclic) bond motifs is 1. The minimum absolute atomic E-state index is 0.125. The smallest absolute Gasteiger partial charge is 0.335 e. The largest absolute Gasteiger partial charge is 0.478 e. The summed E-state index contributed by atoms with van der Waals surface area (Å²) in [6, 6.07) is 12.8. The van der Waals surface area contributed by atoms with E-state index in [1.165, 1.54) is 0 Å². The molecular weight excluding hydrogens is 220 g/mol. The SMILES string of the molecule is O=C(O)c1ccc2ccccc2c1.OCCO. The van der Waals surface area contributed by atoms with Gasteiger partial charge in [-0.3, -0.25) is 0 Å². The van der Waals surface area contributed by atoms with Crippen molar-refractivity contribution in [1.82, 2.24) is 0 Å². The molecule has 0 saturated carbocycles. The summed E-state index contributed by atoms with van der Waals surface area (Å²) in [5.74, 6) is -0.884. The highest BCUT2D eigenvalue weighted by Crippen LogP contribution is 2.15. The lowest BCUT2D eigenvalue weighted by atomic mass is 10.1. The van der Waals surface area contributed by atoms with Gasteiger partial charge in [-0.05, 0) is 22.9 Å². The van der Waals surface area contributed by atoms with Gasteiger partial charge in [0.2, 0.25) is 0 Å². The zero-order valence-electron chi connectivity index (χ0n) is 9.21. The Kier molecular flexibility index (Phi) is 5.13. The zero-order valence-corrected chi connectivity index (χ0v) is 9.21. The Labute approximate surface area is 98.8 Å². The zero-order chi connectivity index (χ0) is 12.7. The number of carboxylic acid groups (broad SMARTS) is 1. The molecule has 0 fully saturated rings. The van der Waals surface area contributed by atoms with E-state index >= 15 is 0 Å². The molecule has 0 amide bonds. The number of carbonyl (C=O) groups is 1. The van der Waals surface area contributed by atoms with Gasteiger partial charge in [0.05, 0.1) is 18.8 Å². The Morgan fingerprint density at radius 1 is 0.941 bits per heavy atom. The average molecular weight is 234 g/mol. The van der Waals surface area contributed by atoms with E-state index in [4.69, 9.17) is 15.3 Å². The van der Waals surface area contributed by atoms with Gasteiger partial charge in [-0.1, -0.05) is 30.3 Å². The van der Waals surface area contributed by atoms with Gasteiger partial charge in [0, 0.05) is 0 Å². The monoisotopic (exact) mass is 234 g/mol. The summed E-state index contributed by atoms with van der Waals surface area (Å²) in [4.78, 5) is 10.6. The van der Waals surface area contributed by atoms with Crippen LogP contribution in [-0.4, -0.2) is 34.5 Å². The normalized spacial score (nSPS) is 9.53. The van der Waals surface area contributed by atoms with E-state index in [0.717, 1.165) is 10.8 Å². The Morgan fingerprint density at radius 3 is 2.06 bits per heavy atom. The number of rotatable bonds is 2. The topological polar surface area (TPSA) is 77.8 Å². The number of benzene rings is 2. The van der Waals surface area contributed by atoms with Crippen LogP contribution in [0, 0.1) is 0 Å². The highest BCUT2D eigenvalue weighted by atomic mass is 16.4. The van der Waals surface area contributed by atoms with Gasteiger partial charge >= 0.3 is 5.97 Å². The molecule has 0 aromatic heterocycles. The molecule has 0 atom stereocenters. The van der Waals surface area contributed by atoms with Gasteiger partial charge < -0.3 is 15.3 Å². The molecule has 0 heterocycles. The molecule has 0 unspecified atom stereocenters. The summed E-state index contributed by atoms with van der Waals surface area (Å²) in [7, 11) is 0. The van der Waals surface area contributed by atoms with Crippen molar-refractivity contribution in [3.8, 4) is 0 Å². The second kappa shape index (κ2) is 6.62. The van der Waals surface area contributed by atoms with E-state index in [1.807, 2.05) is 30.3 Å². The first-order chi connectivity index (χ1) is 8.19. The first-order valence-corrected chi connectivity index (χ1v) is 5.13. The fourth-order valence-corrected chi connectivity index (χ4v) is 1.32. The van der Waals surface area contributed by atoms with Crippen LogP contribution in [0.5, 0.6) is 0 Å². The van der Waals surface area contributed by atoms with Crippen molar-refractivity contribution in [2.75, 3.05) is 13.2 Å². The van der Waals surface area contributed by atoms with E-state index in [0.29, 0.717) is 5.56 Å². The highest BCUT2D eigenvalue weighted by Gasteiger charge is 2.01. The van der Waals surface area contributed by atoms with Crippen LogP contribution in [0.1, 0.15) is 10.4 Å². The molecule has 4 heteroatoms. The summed E-state index contributed by atoms with van der Waals surface area (Å²) in [5.41, 5.74) is 0.332. The molecule has 0 radical (unpaired) electrons. The molecular formula is C13H14O4. The molecule has 90 valence electrons. The lowest BCUT2D eigenvalue weighted by Gasteiger charge is -1.98. The van der Waals surface area contributed by atoms with Gasteiger partial charge in [-0.2, -0.15) is 0 Å². The number of hydrogen-bond acceptors (Lipinski definition) is 3. The minimum Gasteiger partial charge on any atom is -0.478 e. The second-order valence-corrected chi connectivity index (χ2v) is 3.31. The Hall–Kier alpha value is -1.91. The first-order valence-electron chi connectivity index (χ1n) is 5.13. The maximum atomic E-state index is 10.6. The molecule has 0 spiro atoms. The van der Waals surface area contributed by atoms with Crippen molar-refractivity contribution in [3.05, 3.63) is 48.0 Å². The van der Waals surface area contributed by atoms with E-state index < -0.39 is 5.97 Å². The molecule has 0 saturated heterocycles. The fourth-order valence-electron chi connectivity index (χ4n) is 1.32. The first kappa shape index (κ1) is 13.2. The molecule has 2 aromatic carbocycles. The average Bonchev–Trinajstić information content (AvgIpc) is 2.38. The summed E-state index contributed by atoms with van der Waals surface area (Å²) in [5, 5.41) is 26.0. The summed E-state index contributed by atoms with van der Waals surface area (Å²) >= 11 is 0. The quantitative estimate of drug-likeness (QED) is 0.736. The molecule has 0 bridgehead atoms. The number of aromatic carboxylic acids is 1. The van der Waals surface area contributed by atoms with Crippen molar-refractivity contribution in [3.63, 3.8) is 0 Å². The number of hydrogen-bond donors (Lipinski definition) is 3. The van der Waals surface area contributed by atoms with Crippen molar-refractivity contribution >= 4 is 16.7 Å². The van der Waals surface area contributed by atoms with Crippen molar-refractivity contribution in [2.24, 2.45) is 0 Å². The Morgan fingerprint density at radius 2 is 1.53 bits per heavy atom. The lowest BCUT2D eigenvalue weighted by molar-refractivity contribution is 0.0697. The van der Waals surface area contributed by atoms with Crippen molar-refractivity contribution in [2.45, 2.75) is 0 Å². The van der Waals surface area contributed by atoms with Crippen LogP contribution < -0.4 is 0 Å². The lowest BCUT2D eigenvalue weighted by Crippen LogP contribution is -1.94. The van der Waals surface area contributed by atoms with Crippen LogP contribution in [0.4, 0.5) is 0 Å². The standard InChI is InChI=1S/C11H8O2.C2H6O2/c12-11(13)10-6-5-8-3-1-2-4-9(8)7-10;3-1-2-4/h1-7H,(H,12,13);3-4H,1-2H2. The summed E-state index contributed by atoms with van der Waals surface area (Å²) in [6.07, 6.45) is 0. The number of aliphatic hydroxyl groups is 2. The van der Waals surface area contributed by atoms with E-state index in [1.54, 1.807) is 12.1 Å². The van der Waals surface area contributed by atoms with Crippen LogP contribution >= 0.6 is 0 Å². The molecule has 2 rings (SSSR count). The Bertz CT molecular complexity index is 491. The fraction of sp³-hybridized carbons (Fsp3) is 0.154. The molecule has 3 N–H and O–H groups in total. The van der Waals surface area contributed by atoms with Gasteiger partial charge in [-0.25, -0.2) is 4.79 Å². The molecule has 4 nitrogen and oxygen atoms in total. The van der Waals surface area contributed by atoms with Crippen LogP contribution in [0.2, 0.25) is 0 Å². The van der Waals surface area contributed by atoms with E-state index in [-0.39, 0.29) is 13.2 Å². The van der Waals surface area contributed by atoms with Crippen molar-refractivity contribution in [1.29, 1.82) is 0 Å². The van der Waals surface area contributed by atoms with E-state index in [2.05, 4.69) is 0 Å². The maximum absolute atomic E-state index is 10.6. The van der Waals surface area contributed by atoms with Crippen molar-refractivity contribution < 1.29 is 20.1 Å². The third-order valence-electron chi connectivity index (χ3n) is 2.10. The number of aliphatic hydroxyl groups excluding tert-OH is 2. The van der Waals surface area contributed by atoms with Gasteiger partial charge in [0.25, 0.3) is 0 Å². The molecule has 2 aromatic rings. The third kappa shape index (κ3) is 3.86. The molecule has 0 aliphatic carbocycles. The van der Waals surface area contributed by atoms with Gasteiger partial charge in [-0.15, -0.1) is 0 Å². The van der Waals surface area contributed by atoms with Crippen LogP contribution in [0.3, 0.4) is 0 Å².